The fourth-order valence-corrected chi connectivity index (χ4v) is 2.11. The van der Waals surface area contributed by atoms with Crippen LogP contribution in [0.3, 0.4) is 0 Å². The zero-order valence-corrected chi connectivity index (χ0v) is 14.6. The molecule has 0 aliphatic rings. The number of rotatable bonds is 7. The number of benzene rings is 2. The van der Waals surface area contributed by atoms with Crippen LogP contribution in [-0.2, 0) is 20.9 Å². The van der Waals surface area contributed by atoms with Gasteiger partial charge in [-0.1, -0.05) is 30.3 Å². The highest BCUT2D eigenvalue weighted by molar-refractivity contribution is 5.84. The van der Waals surface area contributed by atoms with Crippen LogP contribution < -0.4 is 10.1 Å². The molecule has 0 saturated heterocycles. The first-order valence-electron chi connectivity index (χ1n) is 8.18. The van der Waals surface area contributed by atoms with Gasteiger partial charge in [-0.3, -0.25) is 4.79 Å². The Bertz CT molecular complexity index is 782. The van der Waals surface area contributed by atoms with Crippen molar-refractivity contribution in [2.24, 2.45) is 0 Å². The molecule has 2 atom stereocenters. The predicted molar refractivity (Wildman–Crippen MR) is 95.1 cm³/mol. The maximum atomic E-state index is 12.1. The van der Waals surface area contributed by atoms with Gasteiger partial charge in [-0.25, -0.2) is 4.79 Å². The first-order valence-corrected chi connectivity index (χ1v) is 8.18. The molecule has 0 radical (unpaired) electrons. The van der Waals surface area contributed by atoms with Crippen LogP contribution in [-0.4, -0.2) is 24.1 Å². The fraction of sp³-hybridized carbons (Fsp3) is 0.250. The summed E-state index contributed by atoms with van der Waals surface area (Å²) in [4.78, 5) is 24.1. The Morgan fingerprint density at radius 1 is 1.04 bits per heavy atom. The quantitative estimate of drug-likeness (QED) is 0.774. The number of hydrogen-bond donors (Lipinski definition) is 1. The van der Waals surface area contributed by atoms with Crippen LogP contribution in [0.5, 0.6) is 5.75 Å². The summed E-state index contributed by atoms with van der Waals surface area (Å²) < 4.78 is 10.6. The van der Waals surface area contributed by atoms with Crippen LogP contribution in [0.15, 0.2) is 54.6 Å². The van der Waals surface area contributed by atoms with E-state index in [4.69, 9.17) is 14.7 Å². The standard InChI is InChI=1S/C20H20N2O4/c1-14(19(23)22-13-17-6-4-3-5-7-17)26-20(24)15(2)25-18-10-8-16(12-21)9-11-18/h3-11,14-15H,13H2,1-2H3,(H,22,23)/t14-,15-/m0/s1. The second kappa shape index (κ2) is 9.23. The van der Waals surface area contributed by atoms with Crippen molar-refractivity contribution in [3.05, 3.63) is 65.7 Å². The molecule has 1 N–H and O–H groups in total. The van der Waals surface area contributed by atoms with E-state index in [0.717, 1.165) is 5.56 Å². The van der Waals surface area contributed by atoms with Crippen LogP contribution in [0.2, 0.25) is 0 Å². The van der Waals surface area contributed by atoms with Crippen LogP contribution in [0.25, 0.3) is 0 Å². The van der Waals surface area contributed by atoms with Crippen LogP contribution >= 0.6 is 0 Å². The molecule has 6 heteroatoms. The molecule has 0 unspecified atom stereocenters. The maximum absolute atomic E-state index is 12.1. The molecular weight excluding hydrogens is 332 g/mol. The summed E-state index contributed by atoms with van der Waals surface area (Å²) in [5.41, 5.74) is 1.45. The highest BCUT2D eigenvalue weighted by Crippen LogP contribution is 2.14. The number of nitrogens with zero attached hydrogens (tertiary/aromatic N) is 1. The minimum atomic E-state index is -0.932. The van der Waals surface area contributed by atoms with E-state index in [9.17, 15) is 9.59 Å². The van der Waals surface area contributed by atoms with Crippen molar-refractivity contribution in [1.29, 1.82) is 5.26 Å². The second-order valence-corrected chi connectivity index (χ2v) is 5.68. The number of carbonyl (C=O) groups is 2. The Labute approximate surface area is 152 Å². The molecule has 0 aliphatic heterocycles. The Morgan fingerprint density at radius 2 is 1.69 bits per heavy atom. The van der Waals surface area contributed by atoms with Gasteiger partial charge in [-0.2, -0.15) is 5.26 Å². The molecule has 0 aliphatic carbocycles. The van der Waals surface area contributed by atoms with Crippen LogP contribution in [0.1, 0.15) is 25.0 Å². The number of amides is 1. The number of carbonyl (C=O) groups excluding carboxylic acids is 2. The van der Waals surface area contributed by atoms with E-state index in [1.165, 1.54) is 13.8 Å². The second-order valence-electron chi connectivity index (χ2n) is 5.68. The fourth-order valence-electron chi connectivity index (χ4n) is 2.11. The van der Waals surface area contributed by atoms with Gasteiger partial charge in [-0.15, -0.1) is 0 Å². The van der Waals surface area contributed by atoms with Gasteiger partial charge in [0.2, 0.25) is 0 Å². The van der Waals surface area contributed by atoms with Gasteiger partial charge in [0.05, 0.1) is 11.6 Å². The summed E-state index contributed by atoms with van der Waals surface area (Å²) in [7, 11) is 0. The van der Waals surface area contributed by atoms with E-state index in [-0.39, 0.29) is 5.91 Å². The minimum absolute atomic E-state index is 0.360. The van der Waals surface area contributed by atoms with Crippen molar-refractivity contribution in [2.45, 2.75) is 32.6 Å². The SMILES string of the molecule is C[C@H](OC(=O)[C@H](C)Oc1ccc(C#N)cc1)C(=O)NCc1ccccc1. The van der Waals surface area contributed by atoms with Crippen LogP contribution in [0, 0.1) is 11.3 Å². The summed E-state index contributed by atoms with van der Waals surface area (Å²) in [5, 5.41) is 11.5. The lowest BCUT2D eigenvalue weighted by Crippen LogP contribution is -2.38. The smallest absolute Gasteiger partial charge is 0.347 e. The van der Waals surface area contributed by atoms with Gasteiger partial charge in [0.15, 0.2) is 12.2 Å². The molecule has 2 rings (SSSR count). The van der Waals surface area contributed by atoms with Crippen molar-refractivity contribution in [2.75, 3.05) is 0 Å². The molecule has 6 nitrogen and oxygen atoms in total. The van der Waals surface area contributed by atoms with Crippen molar-refractivity contribution in [1.82, 2.24) is 5.32 Å². The third-order valence-electron chi connectivity index (χ3n) is 3.60. The van der Waals surface area contributed by atoms with Gasteiger partial charge >= 0.3 is 5.97 Å². The molecule has 0 fully saturated rings. The largest absolute Gasteiger partial charge is 0.479 e. The molecule has 26 heavy (non-hydrogen) atoms. The van der Waals surface area contributed by atoms with Gasteiger partial charge in [-0.05, 0) is 43.7 Å². The van der Waals surface area contributed by atoms with Gasteiger partial charge in [0, 0.05) is 6.54 Å². The summed E-state index contributed by atoms with van der Waals surface area (Å²) in [6, 6.07) is 17.8. The number of ether oxygens (including phenoxy) is 2. The molecule has 1 amide bonds. The highest BCUT2D eigenvalue weighted by atomic mass is 16.6. The first kappa shape index (κ1) is 19.0. The molecule has 0 spiro atoms. The normalized spacial score (nSPS) is 12.3. The number of hydrogen-bond acceptors (Lipinski definition) is 5. The van der Waals surface area contributed by atoms with Crippen LogP contribution in [0.4, 0.5) is 0 Å². The molecule has 0 bridgehead atoms. The lowest BCUT2D eigenvalue weighted by Gasteiger charge is -2.18. The van der Waals surface area contributed by atoms with E-state index < -0.39 is 18.2 Å². The van der Waals surface area contributed by atoms with Gasteiger partial charge < -0.3 is 14.8 Å². The topological polar surface area (TPSA) is 88.4 Å². The summed E-state index contributed by atoms with van der Waals surface area (Å²) in [6.45, 7) is 3.40. The van der Waals surface area contributed by atoms with E-state index in [1.807, 2.05) is 36.4 Å². The van der Waals surface area contributed by atoms with Crippen molar-refractivity contribution < 1.29 is 19.1 Å². The van der Waals surface area contributed by atoms with Crippen molar-refractivity contribution in [3.63, 3.8) is 0 Å². The zero-order chi connectivity index (χ0) is 18.9. The average molecular weight is 352 g/mol. The summed E-state index contributed by atoms with van der Waals surface area (Å²) >= 11 is 0. The van der Waals surface area contributed by atoms with E-state index >= 15 is 0 Å². The van der Waals surface area contributed by atoms with Crippen molar-refractivity contribution in [3.8, 4) is 11.8 Å². The van der Waals surface area contributed by atoms with E-state index in [2.05, 4.69) is 5.32 Å². The third kappa shape index (κ3) is 5.64. The van der Waals surface area contributed by atoms with Gasteiger partial charge in [0.1, 0.15) is 5.75 Å². The molecule has 0 saturated carbocycles. The van der Waals surface area contributed by atoms with E-state index in [1.54, 1.807) is 24.3 Å². The lowest BCUT2D eigenvalue weighted by molar-refractivity contribution is -0.160. The Balaban J connectivity index is 1.80. The van der Waals surface area contributed by atoms with Gasteiger partial charge in [0.25, 0.3) is 5.91 Å². The zero-order valence-electron chi connectivity index (χ0n) is 14.6. The number of nitrogens with one attached hydrogen (secondary N) is 1. The maximum Gasteiger partial charge on any atom is 0.347 e. The minimum Gasteiger partial charge on any atom is -0.479 e. The first-order chi connectivity index (χ1) is 12.5. The molecule has 0 heterocycles. The molecule has 2 aromatic rings. The monoisotopic (exact) mass is 352 g/mol. The Kier molecular flexibility index (Phi) is 6.75. The molecule has 0 aromatic heterocycles. The number of esters is 1. The Morgan fingerprint density at radius 3 is 2.31 bits per heavy atom. The molecule has 134 valence electrons. The molecule has 2 aromatic carbocycles. The molecular formula is C20H20N2O4. The summed E-state index contributed by atoms with van der Waals surface area (Å²) in [5.74, 6) is -0.584. The van der Waals surface area contributed by atoms with Crippen molar-refractivity contribution >= 4 is 11.9 Å². The third-order valence-corrected chi connectivity index (χ3v) is 3.60. The average Bonchev–Trinajstić information content (AvgIpc) is 2.67. The highest BCUT2D eigenvalue weighted by Gasteiger charge is 2.23. The van der Waals surface area contributed by atoms with E-state index in [0.29, 0.717) is 17.9 Å². The summed E-state index contributed by atoms with van der Waals surface area (Å²) in [6.07, 6.45) is -1.81. The lowest BCUT2D eigenvalue weighted by atomic mass is 10.2. The predicted octanol–water partition coefficient (Wildman–Crippen LogP) is 2.57. The number of nitriles is 1. The Hall–Kier alpha value is -3.33.